The molecule has 0 fully saturated rings. The van der Waals surface area contributed by atoms with E-state index in [0.29, 0.717) is 35.6 Å². The first-order chi connectivity index (χ1) is 15.5. The van der Waals surface area contributed by atoms with Gasteiger partial charge in [-0.25, -0.2) is 0 Å². The summed E-state index contributed by atoms with van der Waals surface area (Å²) in [4.78, 5) is 26.6. The Balaban J connectivity index is 1.79. The lowest BCUT2D eigenvalue weighted by Gasteiger charge is -2.34. The average molecular weight is 433 g/mol. The second-order valence-electron chi connectivity index (χ2n) is 7.93. The Bertz CT molecular complexity index is 1120. The van der Waals surface area contributed by atoms with Crippen LogP contribution in [0, 0.1) is 0 Å². The zero-order valence-electron chi connectivity index (χ0n) is 18.7. The van der Waals surface area contributed by atoms with E-state index in [1.165, 1.54) is 0 Å². The van der Waals surface area contributed by atoms with E-state index in [-0.39, 0.29) is 11.7 Å². The third kappa shape index (κ3) is 4.13. The molecule has 2 aliphatic rings. The zero-order chi connectivity index (χ0) is 22.7. The number of benzene rings is 2. The van der Waals surface area contributed by atoms with Gasteiger partial charge in [-0.15, -0.1) is 0 Å². The summed E-state index contributed by atoms with van der Waals surface area (Å²) in [6.07, 6.45) is 2.09. The number of para-hydroxylation sites is 2. The SMILES string of the molecule is CCOc1cccc(C2C(C(=O)Nc3ccccc3OC)=C(C)NC3=C2C(=O)CCC3)c1. The minimum Gasteiger partial charge on any atom is -0.495 e. The summed E-state index contributed by atoms with van der Waals surface area (Å²) in [6.45, 7) is 4.36. The van der Waals surface area contributed by atoms with Crippen molar-refractivity contribution in [3.8, 4) is 11.5 Å². The molecule has 1 atom stereocenters. The maximum absolute atomic E-state index is 13.6. The standard InChI is InChI=1S/C26H28N2O4/c1-4-32-18-10-7-9-17(15-18)24-23(16(2)27-20-12-8-13-21(29)25(20)24)26(30)28-19-11-5-6-14-22(19)31-3/h5-7,9-11,14-15,24,27H,4,8,12-13H2,1-3H3,(H,28,30). The van der Waals surface area contributed by atoms with Crippen molar-refractivity contribution in [2.24, 2.45) is 0 Å². The third-order valence-electron chi connectivity index (χ3n) is 5.88. The number of anilines is 1. The topological polar surface area (TPSA) is 76.7 Å². The van der Waals surface area contributed by atoms with Crippen LogP contribution in [-0.2, 0) is 9.59 Å². The maximum Gasteiger partial charge on any atom is 0.254 e. The van der Waals surface area contributed by atoms with Crippen LogP contribution in [0.15, 0.2) is 71.1 Å². The summed E-state index contributed by atoms with van der Waals surface area (Å²) in [7, 11) is 1.57. The number of Topliss-reactive ketones (excluding diaryl/α,β-unsaturated/α-hetero) is 1. The fourth-order valence-corrected chi connectivity index (χ4v) is 4.51. The normalized spacial score (nSPS) is 18.1. The van der Waals surface area contributed by atoms with Crippen LogP contribution in [0.2, 0.25) is 0 Å². The first-order valence-corrected chi connectivity index (χ1v) is 10.9. The fourth-order valence-electron chi connectivity index (χ4n) is 4.51. The zero-order valence-corrected chi connectivity index (χ0v) is 18.7. The Labute approximate surface area is 188 Å². The van der Waals surface area contributed by atoms with Crippen LogP contribution < -0.4 is 20.1 Å². The number of amides is 1. The highest BCUT2D eigenvalue weighted by molar-refractivity contribution is 6.10. The third-order valence-corrected chi connectivity index (χ3v) is 5.88. The number of hydrogen-bond donors (Lipinski definition) is 2. The second kappa shape index (κ2) is 9.30. The van der Waals surface area contributed by atoms with Crippen molar-refractivity contribution < 1.29 is 19.1 Å². The number of dihydropyridines is 1. The number of ether oxygens (including phenoxy) is 2. The van der Waals surface area contributed by atoms with Crippen molar-refractivity contribution >= 4 is 17.4 Å². The number of ketones is 1. The van der Waals surface area contributed by atoms with Gasteiger partial charge in [0.25, 0.3) is 5.91 Å². The number of hydrogen-bond acceptors (Lipinski definition) is 5. The summed E-state index contributed by atoms with van der Waals surface area (Å²) >= 11 is 0. The molecule has 0 bridgehead atoms. The molecule has 32 heavy (non-hydrogen) atoms. The lowest BCUT2D eigenvalue weighted by molar-refractivity contribution is -0.116. The molecule has 6 nitrogen and oxygen atoms in total. The molecule has 166 valence electrons. The Kier molecular flexibility index (Phi) is 6.30. The molecule has 2 aromatic carbocycles. The fraction of sp³-hybridized carbons (Fsp3) is 0.308. The van der Waals surface area contributed by atoms with Crippen molar-refractivity contribution in [1.29, 1.82) is 0 Å². The van der Waals surface area contributed by atoms with Gasteiger partial charge in [0.1, 0.15) is 11.5 Å². The van der Waals surface area contributed by atoms with Gasteiger partial charge in [0.05, 0.1) is 19.4 Å². The van der Waals surface area contributed by atoms with Gasteiger partial charge < -0.3 is 20.1 Å². The highest BCUT2D eigenvalue weighted by Crippen LogP contribution is 2.43. The van der Waals surface area contributed by atoms with E-state index < -0.39 is 5.92 Å². The first-order valence-electron chi connectivity index (χ1n) is 10.9. The molecule has 1 amide bonds. The molecule has 0 spiro atoms. The highest BCUT2D eigenvalue weighted by atomic mass is 16.5. The van der Waals surface area contributed by atoms with E-state index >= 15 is 0 Å². The summed E-state index contributed by atoms with van der Waals surface area (Å²) < 4.78 is 11.1. The van der Waals surface area contributed by atoms with E-state index in [9.17, 15) is 9.59 Å². The van der Waals surface area contributed by atoms with Gasteiger partial charge in [-0.2, -0.15) is 0 Å². The van der Waals surface area contributed by atoms with Gasteiger partial charge in [0.2, 0.25) is 0 Å². The number of carbonyl (C=O) groups is 2. The Morgan fingerprint density at radius 2 is 1.97 bits per heavy atom. The number of methoxy groups -OCH3 is 1. The lowest BCUT2D eigenvalue weighted by atomic mass is 9.75. The molecule has 1 aliphatic carbocycles. The number of carbonyl (C=O) groups excluding carboxylic acids is 2. The van der Waals surface area contributed by atoms with Crippen LogP contribution in [0.1, 0.15) is 44.6 Å². The van der Waals surface area contributed by atoms with Crippen molar-refractivity contribution in [2.45, 2.75) is 39.0 Å². The highest BCUT2D eigenvalue weighted by Gasteiger charge is 2.38. The summed E-state index contributed by atoms with van der Waals surface area (Å²) in [6, 6.07) is 14.9. The first kappa shape index (κ1) is 21.7. The van der Waals surface area contributed by atoms with E-state index in [4.69, 9.17) is 9.47 Å². The molecule has 1 unspecified atom stereocenters. The minimum absolute atomic E-state index is 0.0839. The van der Waals surface area contributed by atoms with Crippen LogP contribution in [0.3, 0.4) is 0 Å². The summed E-state index contributed by atoms with van der Waals surface area (Å²) in [5, 5.41) is 6.33. The molecular formula is C26H28N2O4. The quantitative estimate of drug-likeness (QED) is 0.692. The predicted molar refractivity (Wildman–Crippen MR) is 124 cm³/mol. The van der Waals surface area contributed by atoms with Crippen molar-refractivity contribution in [2.75, 3.05) is 19.0 Å². The Morgan fingerprint density at radius 3 is 2.75 bits per heavy atom. The van der Waals surface area contributed by atoms with Crippen LogP contribution in [0.5, 0.6) is 11.5 Å². The van der Waals surface area contributed by atoms with Crippen molar-refractivity contribution in [3.05, 3.63) is 76.6 Å². The lowest BCUT2D eigenvalue weighted by Crippen LogP contribution is -2.35. The molecule has 0 radical (unpaired) electrons. The summed E-state index contributed by atoms with van der Waals surface area (Å²) in [5.41, 5.74) is 4.32. The van der Waals surface area contributed by atoms with Crippen molar-refractivity contribution in [3.63, 3.8) is 0 Å². The maximum atomic E-state index is 13.6. The number of allylic oxidation sites excluding steroid dienone is 3. The van der Waals surface area contributed by atoms with Crippen LogP contribution >= 0.6 is 0 Å². The average Bonchev–Trinajstić information content (AvgIpc) is 2.79. The molecule has 4 rings (SSSR count). The van der Waals surface area contributed by atoms with E-state index in [1.807, 2.05) is 50.2 Å². The Morgan fingerprint density at radius 1 is 1.16 bits per heavy atom. The minimum atomic E-state index is -0.464. The van der Waals surface area contributed by atoms with Gasteiger partial charge in [0.15, 0.2) is 5.78 Å². The number of rotatable bonds is 6. The van der Waals surface area contributed by atoms with Gasteiger partial charge in [-0.1, -0.05) is 24.3 Å². The molecule has 2 N–H and O–H groups in total. The predicted octanol–water partition coefficient (Wildman–Crippen LogP) is 4.70. The largest absolute Gasteiger partial charge is 0.495 e. The molecule has 0 saturated carbocycles. The summed E-state index contributed by atoms with van der Waals surface area (Å²) in [5.74, 6) is 0.647. The van der Waals surface area contributed by atoms with E-state index in [2.05, 4.69) is 10.6 Å². The van der Waals surface area contributed by atoms with E-state index in [0.717, 1.165) is 35.5 Å². The van der Waals surface area contributed by atoms with Gasteiger partial charge in [-0.05, 0) is 56.5 Å². The van der Waals surface area contributed by atoms with Crippen molar-refractivity contribution in [1.82, 2.24) is 5.32 Å². The molecular weight excluding hydrogens is 404 g/mol. The smallest absolute Gasteiger partial charge is 0.254 e. The van der Waals surface area contributed by atoms with Crippen LogP contribution in [-0.4, -0.2) is 25.4 Å². The van der Waals surface area contributed by atoms with Gasteiger partial charge >= 0.3 is 0 Å². The molecule has 6 heteroatoms. The Hall–Kier alpha value is -3.54. The number of nitrogens with one attached hydrogen (secondary N) is 2. The molecule has 1 heterocycles. The van der Waals surface area contributed by atoms with E-state index in [1.54, 1.807) is 19.2 Å². The molecule has 0 aromatic heterocycles. The second-order valence-corrected chi connectivity index (χ2v) is 7.93. The molecule has 0 saturated heterocycles. The molecule has 1 aliphatic heterocycles. The van der Waals surface area contributed by atoms with Crippen LogP contribution in [0.4, 0.5) is 5.69 Å². The molecule has 2 aromatic rings. The van der Waals surface area contributed by atoms with Gasteiger partial charge in [-0.3, -0.25) is 9.59 Å². The monoisotopic (exact) mass is 432 g/mol. The van der Waals surface area contributed by atoms with Crippen LogP contribution in [0.25, 0.3) is 0 Å². The van der Waals surface area contributed by atoms with Gasteiger partial charge in [0, 0.05) is 34.9 Å².